The Morgan fingerprint density at radius 3 is 2.50 bits per heavy atom. The van der Waals surface area contributed by atoms with Crippen LogP contribution >= 0.6 is 0 Å². The molecule has 0 aliphatic rings. The second kappa shape index (κ2) is 4.98. The van der Waals surface area contributed by atoms with E-state index in [0.717, 1.165) is 18.4 Å². The quantitative estimate of drug-likeness (QED) is 0.525. The highest BCUT2D eigenvalue weighted by atomic mass is 19.1. The third-order valence-corrected chi connectivity index (χ3v) is 1.14. The molecule has 0 bridgehead atoms. The molecule has 0 radical (unpaired) electrons. The molecular weight excluding hydrogens is 127 g/mol. The zero-order valence-corrected chi connectivity index (χ0v) is 6.36. The smallest absolute Gasteiger partial charge is 0.116 e. The minimum Gasteiger partial charge on any atom is -0.208 e. The first kappa shape index (κ1) is 9.15. The standard InChI is InChI=1S/C9H13F/c1-4-6-9(5-2)7-8(3)10/h5,7H,2-4,6H2,1H3/b9-7+. The summed E-state index contributed by atoms with van der Waals surface area (Å²) >= 11 is 0. The van der Waals surface area contributed by atoms with Gasteiger partial charge in [-0.1, -0.05) is 32.6 Å². The fraction of sp³-hybridized carbons (Fsp3) is 0.333. The van der Waals surface area contributed by atoms with Crippen molar-refractivity contribution in [2.75, 3.05) is 0 Å². The molecule has 0 aromatic heterocycles. The summed E-state index contributed by atoms with van der Waals surface area (Å²) in [5.41, 5.74) is 0.912. The Bertz CT molecular complexity index is 154. The van der Waals surface area contributed by atoms with Gasteiger partial charge < -0.3 is 0 Å². The van der Waals surface area contributed by atoms with Crippen molar-refractivity contribution in [2.24, 2.45) is 0 Å². The highest BCUT2D eigenvalue weighted by molar-refractivity contribution is 5.23. The fourth-order valence-corrected chi connectivity index (χ4v) is 0.723. The van der Waals surface area contributed by atoms with Gasteiger partial charge in [0.15, 0.2) is 0 Å². The minimum absolute atomic E-state index is 0.400. The Labute approximate surface area is 61.8 Å². The topological polar surface area (TPSA) is 0 Å². The fourth-order valence-electron chi connectivity index (χ4n) is 0.723. The lowest BCUT2D eigenvalue weighted by Crippen LogP contribution is -1.76. The van der Waals surface area contributed by atoms with Gasteiger partial charge in [0.1, 0.15) is 5.83 Å². The first-order chi connectivity index (χ1) is 4.70. The minimum atomic E-state index is -0.400. The van der Waals surface area contributed by atoms with Crippen molar-refractivity contribution in [2.45, 2.75) is 19.8 Å². The van der Waals surface area contributed by atoms with Gasteiger partial charge in [0.05, 0.1) is 0 Å². The molecule has 56 valence electrons. The summed E-state index contributed by atoms with van der Waals surface area (Å²) < 4.78 is 12.1. The third kappa shape index (κ3) is 4.07. The predicted molar refractivity (Wildman–Crippen MR) is 43.4 cm³/mol. The van der Waals surface area contributed by atoms with Crippen LogP contribution in [0.2, 0.25) is 0 Å². The van der Waals surface area contributed by atoms with Gasteiger partial charge in [0.25, 0.3) is 0 Å². The van der Waals surface area contributed by atoms with Gasteiger partial charge in [-0.25, -0.2) is 4.39 Å². The summed E-state index contributed by atoms with van der Waals surface area (Å²) in [6, 6.07) is 0. The first-order valence-corrected chi connectivity index (χ1v) is 3.38. The van der Waals surface area contributed by atoms with E-state index in [0.29, 0.717) is 0 Å². The van der Waals surface area contributed by atoms with Crippen molar-refractivity contribution in [3.63, 3.8) is 0 Å². The van der Waals surface area contributed by atoms with E-state index in [1.807, 2.05) is 6.92 Å². The summed E-state index contributed by atoms with van der Waals surface area (Å²) in [6.45, 7) is 8.73. The molecule has 0 aliphatic heterocycles. The highest BCUT2D eigenvalue weighted by Gasteiger charge is 1.89. The molecule has 0 rings (SSSR count). The van der Waals surface area contributed by atoms with Crippen LogP contribution in [-0.4, -0.2) is 0 Å². The van der Waals surface area contributed by atoms with E-state index in [1.54, 1.807) is 6.08 Å². The zero-order chi connectivity index (χ0) is 7.98. The zero-order valence-electron chi connectivity index (χ0n) is 6.36. The molecule has 0 amide bonds. The number of allylic oxidation sites excluding steroid dienone is 4. The highest BCUT2D eigenvalue weighted by Crippen LogP contribution is 2.08. The van der Waals surface area contributed by atoms with Crippen molar-refractivity contribution in [1.29, 1.82) is 0 Å². The Morgan fingerprint density at radius 2 is 2.20 bits per heavy atom. The molecule has 0 heterocycles. The normalized spacial score (nSPS) is 11.2. The maximum atomic E-state index is 12.1. The molecule has 0 N–H and O–H groups in total. The van der Waals surface area contributed by atoms with E-state index in [1.165, 1.54) is 6.08 Å². The molecule has 0 unspecified atom stereocenters. The lowest BCUT2D eigenvalue weighted by atomic mass is 10.1. The molecule has 1 heteroatoms. The van der Waals surface area contributed by atoms with E-state index in [-0.39, 0.29) is 0 Å². The Kier molecular flexibility index (Phi) is 4.55. The number of rotatable bonds is 4. The molecule has 0 spiro atoms. The monoisotopic (exact) mass is 140 g/mol. The molecule has 0 aromatic rings. The molecule has 0 aliphatic carbocycles. The van der Waals surface area contributed by atoms with Gasteiger partial charge in [0, 0.05) is 0 Å². The summed E-state index contributed by atoms with van der Waals surface area (Å²) in [5.74, 6) is -0.400. The van der Waals surface area contributed by atoms with E-state index < -0.39 is 5.83 Å². The molecule has 10 heavy (non-hydrogen) atoms. The van der Waals surface area contributed by atoms with E-state index >= 15 is 0 Å². The number of halogens is 1. The summed E-state index contributed by atoms with van der Waals surface area (Å²) in [7, 11) is 0. The molecule has 0 saturated heterocycles. The molecular formula is C9H13F. The summed E-state index contributed by atoms with van der Waals surface area (Å²) in [5, 5.41) is 0. The van der Waals surface area contributed by atoms with Crippen LogP contribution in [0.15, 0.2) is 36.7 Å². The van der Waals surface area contributed by atoms with Crippen LogP contribution in [0, 0.1) is 0 Å². The third-order valence-electron chi connectivity index (χ3n) is 1.14. The van der Waals surface area contributed by atoms with Crippen molar-refractivity contribution in [3.8, 4) is 0 Å². The van der Waals surface area contributed by atoms with E-state index in [4.69, 9.17) is 0 Å². The van der Waals surface area contributed by atoms with Gasteiger partial charge in [-0.15, -0.1) is 0 Å². The average Bonchev–Trinajstić information content (AvgIpc) is 1.86. The largest absolute Gasteiger partial charge is 0.208 e. The Balaban J connectivity index is 4.03. The lowest BCUT2D eigenvalue weighted by Gasteiger charge is -1.95. The average molecular weight is 140 g/mol. The molecule has 0 fully saturated rings. The summed E-state index contributed by atoms with van der Waals surface area (Å²) in [4.78, 5) is 0. The van der Waals surface area contributed by atoms with Gasteiger partial charge in [0.2, 0.25) is 0 Å². The van der Waals surface area contributed by atoms with Crippen LogP contribution in [0.5, 0.6) is 0 Å². The van der Waals surface area contributed by atoms with Crippen molar-refractivity contribution in [3.05, 3.63) is 36.7 Å². The van der Waals surface area contributed by atoms with Gasteiger partial charge in [-0.2, -0.15) is 0 Å². The summed E-state index contributed by atoms with van der Waals surface area (Å²) in [6.07, 6.45) is 4.95. The van der Waals surface area contributed by atoms with E-state index in [9.17, 15) is 4.39 Å². The first-order valence-electron chi connectivity index (χ1n) is 3.38. The van der Waals surface area contributed by atoms with Crippen LogP contribution in [0.1, 0.15) is 19.8 Å². The van der Waals surface area contributed by atoms with Crippen LogP contribution < -0.4 is 0 Å². The molecule has 0 saturated carbocycles. The van der Waals surface area contributed by atoms with Gasteiger partial charge in [-0.3, -0.25) is 0 Å². The van der Waals surface area contributed by atoms with Gasteiger partial charge in [-0.05, 0) is 18.1 Å². The SMILES string of the molecule is C=C/C(=C\C(=C)F)CCC. The maximum absolute atomic E-state index is 12.1. The van der Waals surface area contributed by atoms with Crippen LogP contribution in [0.25, 0.3) is 0 Å². The molecule has 0 aromatic carbocycles. The van der Waals surface area contributed by atoms with Crippen molar-refractivity contribution in [1.82, 2.24) is 0 Å². The van der Waals surface area contributed by atoms with Crippen molar-refractivity contribution >= 4 is 0 Å². The lowest BCUT2D eigenvalue weighted by molar-refractivity contribution is 0.668. The molecule has 0 atom stereocenters. The van der Waals surface area contributed by atoms with E-state index in [2.05, 4.69) is 13.2 Å². The van der Waals surface area contributed by atoms with Gasteiger partial charge >= 0.3 is 0 Å². The van der Waals surface area contributed by atoms with Crippen LogP contribution in [0.3, 0.4) is 0 Å². The second-order valence-corrected chi connectivity index (χ2v) is 2.12. The Morgan fingerprint density at radius 1 is 1.60 bits per heavy atom. The number of hydrogen-bond acceptors (Lipinski definition) is 0. The van der Waals surface area contributed by atoms with Crippen molar-refractivity contribution < 1.29 is 4.39 Å². The predicted octanol–water partition coefficient (Wildman–Crippen LogP) is 3.38. The molecule has 0 nitrogen and oxygen atoms in total. The van der Waals surface area contributed by atoms with Crippen LogP contribution in [0.4, 0.5) is 4.39 Å². The Hall–Kier alpha value is -0.850. The van der Waals surface area contributed by atoms with Crippen LogP contribution in [-0.2, 0) is 0 Å². The number of hydrogen-bond donors (Lipinski definition) is 0. The second-order valence-electron chi connectivity index (χ2n) is 2.12. The maximum Gasteiger partial charge on any atom is 0.116 e.